The first kappa shape index (κ1) is 10.3. The third kappa shape index (κ3) is 2.35. The zero-order valence-electron chi connectivity index (χ0n) is 8.46. The largest absolute Gasteiger partial charge is 0.386 e. The fourth-order valence-corrected chi connectivity index (χ4v) is 1.50. The summed E-state index contributed by atoms with van der Waals surface area (Å²) < 4.78 is 0. The fourth-order valence-electron chi connectivity index (χ4n) is 1.25. The van der Waals surface area contributed by atoms with Crippen molar-refractivity contribution in [2.24, 2.45) is 0 Å². The van der Waals surface area contributed by atoms with Crippen LogP contribution >= 0.6 is 9.24 Å². The Morgan fingerprint density at radius 3 is 2.69 bits per heavy atom. The lowest BCUT2D eigenvalue weighted by molar-refractivity contribution is 0.969. The Hall–Kier alpha value is -0.750. The second kappa shape index (κ2) is 4.48. The van der Waals surface area contributed by atoms with Gasteiger partial charge in [0.2, 0.25) is 0 Å². The summed E-state index contributed by atoms with van der Waals surface area (Å²) in [6, 6.07) is 6.35. The SMILES string of the molecule is CCN(C)c1cc(P)ccc1NC. The van der Waals surface area contributed by atoms with Crippen LogP contribution in [0.2, 0.25) is 0 Å². The molecule has 0 aromatic heterocycles. The van der Waals surface area contributed by atoms with Gasteiger partial charge in [-0.1, -0.05) is 6.07 Å². The molecule has 13 heavy (non-hydrogen) atoms. The second-order valence-corrected chi connectivity index (χ2v) is 3.71. The van der Waals surface area contributed by atoms with E-state index in [4.69, 9.17) is 0 Å². The minimum Gasteiger partial charge on any atom is -0.386 e. The highest BCUT2D eigenvalue weighted by Crippen LogP contribution is 2.23. The van der Waals surface area contributed by atoms with Crippen molar-refractivity contribution in [3.05, 3.63) is 18.2 Å². The van der Waals surface area contributed by atoms with E-state index in [2.05, 4.69) is 51.6 Å². The quantitative estimate of drug-likeness (QED) is 0.740. The Labute approximate surface area is 82.5 Å². The number of nitrogens with one attached hydrogen (secondary N) is 1. The van der Waals surface area contributed by atoms with Crippen LogP contribution in [0.4, 0.5) is 11.4 Å². The average molecular weight is 196 g/mol. The average Bonchev–Trinajstić information content (AvgIpc) is 2.16. The zero-order valence-corrected chi connectivity index (χ0v) is 9.62. The van der Waals surface area contributed by atoms with E-state index in [0.717, 1.165) is 6.54 Å². The van der Waals surface area contributed by atoms with E-state index in [9.17, 15) is 0 Å². The van der Waals surface area contributed by atoms with E-state index in [0.29, 0.717) is 0 Å². The molecule has 0 bridgehead atoms. The smallest absolute Gasteiger partial charge is 0.0605 e. The fraction of sp³-hybridized carbons (Fsp3) is 0.400. The maximum Gasteiger partial charge on any atom is 0.0605 e. The first-order valence-corrected chi connectivity index (χ1v) is 5.05. The molecule has 0 saturated carbocycles. The molecule has 0 aliphatic carbocycles. The number of hydrogen-bond acceptors (Lipinski definition) is 2. The molecule has 1 aromatic carbocycles. The first-order chi connectivity index (χ1) is 6.19. The third-order valence-electron chi connectivity index (χ3n) is 2.18. The molecule has 1 aromatic rings. The van der Waals surface area contributed by atoms with Crippen molar-refractivity contribution < 1.29 is 0 Å². The molecule has 1 rings (SSSR count). The highest BCUT2D eigenvalue weighted by Gasteiger charge is 2.04. The van der Waals surface area contributed by atoms with E-state index in [1.807, 2.05) is 7.05 Å². The van der Waals surface area contributed by atoms with Gasteiger partial charge in [0.05, 0.1) is 11.4 Å². The zero-order chi connectivity index (χ0) is 9.84. The summed E-state index contributed by atoms with van der Waals surface area (Å²) in [5.74, 6) is 0. The van der Waals surface area contributed by atoms with E-state index in [1.165, 1.54) is 16.7 Å². The molecule has 0 heterocycles. The second-order valence-electron chi connectivity index (χ2n) is 3.04. The molecule has 3 heteroatoms. The Morgan fingerprint density at radius 2 is 2.15 bits per heavy atom. The van der Waals surface area contributed by atoms with Crippen molar-refractivity contribution in [3.8, 4) is 0 Å². The number of rotatable bonds is 3. The Kier molecular flexibility index (Phi) is 3.56. The third-order valence-corrected chi connectivity index (χ3v) is 2.54. The molecular weight excluding hydrogens is 179 g/mol. The molecule has 0 aliphatic rings. The molecule has 0 spiro atoms. The molecule has 0 amide bonds. The van der Waals surface area contributed by atoms with Gasteiger partial charge < -0.3 is 10.2 Å². The van der Waals surface area contributed by atoms with Gasteiger partial charge in [-0.3, -0.25) is 0 Å². The van der Waals surface area contributed by atoms with E-state index < -0.39 is 0 Å². The van der Waals surface area contributed by atoms with Gasteiger partial charge in [0.25, 0.3) is 0 Å². The topological polar surface area (TPSA) is 15.3 Å². The van der Waals surface area contributed by atoms with E-state index in [-0.39, 0.29) is 0 Å². The lowest BCUT2D eigenvalue weighted by Gasteiger charge is -2.20. The maximum absolute atomic E-state index is 3.19. The molecule has 0 fully saturated rings. The highest BCUT2D eigenvalue weighted by atomic mass is 31.0. The summed E-state index contributed by atoms with van der Waals surface area (Å²) in [6.07, 6.45) is 0. The molecule has 1 N–H and O–H groups in total. The molecule has 0 saturated heterocycles. The van der Waals surface area contributed by atoms with Crippen LogP contribution in [0.25, 0.3) is 0 Å². The van der Waals surface area contributed by atoms with Gasteiger partial charge in [-0.15, -0.1) is 9.24 Å². The molecule has 1 atom stereocenters. The highest BCUT2D eigenvalue weighted by molar-refractivity contribution is 7.27. The number of anilines is 2. The minimum absolute atomic E-state index is 1.02. The summed E-state index contributed by atoms with van der Waals surface area (Å²) in [5, 5.41) is 4.40. The summed E-state index contributed by atoms with van der Waals surface area (Å²) in [4.78, 5) is 2.22. The van der Waals surface area contributed by atoms with Crippen molar-refractivity contribution in [2.45, 2.75) is 6.92 Å². The van der Waals surface area contributed by atoms with Crippen LogP contribution in [0.1, 0.15) is 6.92 Å². The predicted octanol–water partition coefficient (Wildman–Crippen LogP) is 1.68. The van der Waals surface area contributed by atoms with Crippen LogP contribution in [0.15, 0.2) is 18.2 Å². The lowest BCUT2D eigenvalue weighted by atomic mass is 10.2. The molecule has 1 unspecified atom stereocenters. The van der Waals surface area contributed by atoms with Gasteiger partial charge in [0.1, 0.15) is 0 Å². The van der Waals surface area contributed by atoms with Gasteiger partial charge in [-0.05, 0) is 24.4 Å². The summed E-state index contributed by atoms with van der Waals surface area (Å²) in [7, 11) is 6.76. The lowest BCUT2D eigenvalue weighted by Crippen LogP contribution is -2.18. The Morgan fingerprint density at radius 1 is 1.46 bits per heavy atom. The van der Waals surface area contributed by atoms with Crippen molar-refractivity contribution in [1.29, 1.82) is 0 Å². The Bertz CT molecular complexity index is 286. The normalized spacial score (nSPS) is 9.85. The minimum atomic E-state index is 1.02. The molecule has 2 nitrogen and oxygen atoms in total. The monoisotopic (exact) mass is 196 g/mol. The van der Waals surface area contributed by atoms with Crippen LogP contribution in [0.3, 0.4) is 0 Å². The molecule has 0 radical (unpaired) electrons. The predicted molar refractivity (Wildman–Crippen MR) is 64.3 cm³/mol. The first-order valence-electron chi connectivity index (χ1n) is 4.47. The van der Waals surface area contributed by atoms with Crippen molar-refractivity contribution in [1.82, 2.24) is 0 Å². The van der Waals surface area contributed by atoms with Crippen LogP contribution in [-0.2, 0) is 0 Å². The number of benzene rings is 1. The van der Waals surface area contributed by atoms with Crippen LogP contribution in [-0.4, -0.2) is 20.6 Å². The van der Waals surface area contributed by atoms with Crippen LogP contribution in [0.5, 0.6) is 0 Å². The summed E-state index contributed by atoms with van der Waals surface area (Å²) >= 11 is 0. The molecular formula is C10H17N2P. The van der Waals surface area contributed by atoms with Gasteiger partial charge in [0.15, 0.2) is 0 Å². The van der Waals surface area contributed by atoms with E-state index in [1.54, 1.807) is 0 Å². The van der Waals surface area contributed by atoms with Crippen molar-refractivity contribution in [2.75, 3.05) is 30.9 Å². The van der Waals surface area contributed by atoms with Crippen LogP contribution in [0, 0.1) is 0 Å². The maximum atomic E-state index is 3.19. The molecule has 72 valence electrons. The summed E-state index contributed by atoms with van der Waals surface area (Å²) in [6.45, 7) is 3.16. The number of nitrogens with zero attached hydrogens (tertiary/aromatic N) is 1. The number of hydrogen-bond donors (Lipinski definition) is 1. The standard InChI is InChI=1S/C10H17N2P/c1-4-12(3)10-7-8(13)5-6-9(10)11-2/h5-7,11H,4,13H2,1-3H3. The van der Waals surface area contributed by atoms with E-state index >= 15 is 0 Å². The Balaban J connectivity index is 3.07. The van der Waals surface area contributed by atoms with Crippen LogP contribution < -0.4 is 15.5 Å². The van der Waals surface area contributed by atoms with Gasteiger partial charge in [-0.25, -0.2) is 0 Å². The van der Waals surface area contributed by atoms with Gasteiger partial charge >= 0.3 is 0 Å². The van der Waals surface area contributed by atoms with Gasteiger partial charge in [-0.2, -0.15) is 0 Å². The van der Waals surface area contributed by atoms with Gasteiger partial charge in [0, 0.05) is 20.6 Å². The summed E-state index contributed by atoms with van der Waals surface area (Å²) in [5.41, 5.74) is 2.42. The van der Waals surface area contributed by atoms with Crippen molar-refractivity contribution >= 4 is 25.9 Å². The van der Waals surface area contributed by atoms with Crippen molar-refractivity contribution in [3.63, 3.8) is 0 Å². The molecule has 0 aliphatic heterocycles.